The van der Waals surface area contributed by atoms with Gasteiger partial charge in [0, 0.05) is 0 Å². The first kappa shape index (κ1) is 14.8. The quantitative estimate of drug-likeness (QED) is 0.701. The SMILES string of the molecule is O=C(CN1C(=O)CNC1=O)Nc1cc(C(=O)O)ccc1Cl. The monoisotopic (exact) mass is 311 g/mol. The summed E-state index contributed by atoms with van der Waals surface area (Å²) in [5, 5.41) is 13.7. The standard InChI is InChI=1S/C12H10ClN3O5/c13-7-2-1-6(11(19)20)3-8(7)15-9(17)5-16-10(18)4-14-12(16)21/h1-3H,4-5H2,(H,14,21)(H,15,17)(H,19,20). The lowest BCUT2D eigenvalue weighted by molar-refractivity contribution is -0.128. The van der Waals surface area contributed by atoms with Gasteiger partial charge in [-0.1, -0.05) is 11.6 Å². The topological polar surface area (TPSA) is 116 Å². The summed E-state index contributed by atoms with van der Waals surface area (Å²) in [4.78, 5) is 46.0. The highest BCUT2D eigenvalue weighted by molar-refractivity contribution is 6.34. The normalized spacial score (nSPS) is 14.0. The second-order valence-electron chi connectivity index (χ2n) is 4.19. The Morgan fingerprint density at radius 3 is 2.67 bits per heavy atom. The minimum absolute atomic E-state index is 0.0512. The molecule has 0 bridgehead atoms. The molecule has 0 aromatic heterocycles. The van der Waals surface area contributed by atoms with E-state index in [0.29, 0.717) is 0 Å². The Balaban J connectivity index is 2.09. The van der Waals surface area contributed by atoms with Crippen LogP contribution in [0.25, 0.3) is 0 Å². The number of halogens is 1. The molecule has 1 aliphatic heterocycles. The number of hydrogen-bond donors (Lipinski definition) is 3. The summed E-state index contributed by atoms with van der Waals surface area (Å²) in [6.45, 7) is -0.625. The van der Waals surface area contributed by atoms with Gasteiger partial charge in [-0.05, 0) is 18.2 Å². The van der Waals surface area contributed by atoms with Crippen molar-refractivity contribution in [3.8, 4) is 0 Å². The molecule has 2 rings (SSSR count). The summed E-state index contributed by atoms with van der Waals surface area (Å²) < 4.78 is 0. The Morgan fingerprint density at radius 2 is 2.10 bits per heavy atom. The molecule has 1 aromatic carbocycles. The lowest BCUT2D eigenvalue weighted by atomic mass is 10.2. The predicted octanol–water partition coefficient (Wildman–Crippen LogP) is 0.528. The van der Waals surface area contributed by atoms with Crippen LogP contribution in [0.5, 0.6) is 0 Å². The molecule has 110 valence electrons. The lowest BCUT2D eigenvalue weighted by Crippen LogP contribution is -2.38. The Hall–Kier alpha value is -2.61. The van der Waals surface area contributed by atoms with Gasteiger partial charge in [0.05, 0.1) is 22.8 Å². The molecule has 8 nitrogen and oxygen atoms in total. The molecule has 0 unspecified atom stereocenters. The highest BCUT2D eigenvalue weighted by Gasteiger charge is 2.30. The first-order chi connectivity index (χ1) is 9.88. The van der Waals surface area contributed by atoms with Crippen LogP contribution in [0.1, 0.15) is 10.4 Å². The van der Waals surface area contributed by atoms with Crippen molar-refractivity contribution in [1.82, 2.24) is 10.2 Å². The number of urea groups is 1. The molecule has 4 amide bonds. The van der Waals surface area contributed by atoms with Crippen LogP contribution in [0.2, 0.25) is 5.02 Å². The maximum Gasteiger partial charge on any atom is 0.335 e. The third-order valence-corrected chi connectivity index (χ3v) is 3.06. The van der Waals surface area contributed by atoms with Crippen molar-refractivity contribution in [1.29, 1.82) is 0 Å². The number of hydrogen-bond acceptors (Lipinski definition) is 4. The lowest BCUT2D eigenvalue weighted by Gasteiger charge is -2.13. The van der Waals surface area contributed by atoms with Gasteiger partial charge < -0.3 is 15.7 Å². The fraction of sp³-hybridized carbons (Fsp3) is 0.167. The molecule has 0 saturated carbocycles. The minimum Gasteiger partial charge on any atom is -0.478 e. The number of carboxylic acids is 1. The van der Waals surface area contributed by atoms with E-state index in [2.05, 4.69) is 10.6 Å². The van der Waals surface area contributed by atoms with Crippen molar-refractivity contribution in [2.24, 2.45) is 0 Å². The van der Waals surface area contributed by atoms with E-state index < -0.39 is 30.4 Å². The molecule has 21 heavy (non-hydrogen) atoms. The van der Waals surface area contributed by atoms with Crippen LogP contribution < -0.4 is 10.6 Å². The maximum absolute atomic E-state index is 11.8. The second kappa shape index (κ2) is 5.80. The molecule has 1 heterocycles. The summed E-state index contributed by atoms with van der Waals surface area (Å²) in [6.07, 6.45) is 0. The van der Waals surface area contributed by atoms with Gasteiger partial charge in [-0.15, -0.1) is 0 Å². The van der Waals surface area contributed by atoms with Crippen molar-refractivity contribution in [2.45, 2.75) is 0 Å². The third kappa shape index (κ3) is 3.29. The third-order valence-electron chi connectivity index (χ3n) is 2.73. The Labute approximate surface area is 123 Å². The van der Waals surface area contributed by atoms with E-state index in [-0.39, 0.29) is 22.8 Å². The largest absolute Gasteiger partial charge is 0.478 e. The smallest absolute Gasteiger partial charge is 0.335 e. The molecule has 9 heteroatoms. The molecule has 3 N–H and O–H groups in total. The Bertz CT molecular complexity index is 630. The van der Waals surface area contributed by atoms with E-state index in [0.717, 1.165) is 4.90 Å². The van der Waals surface area contributed by atoms with E-state index in [1.54, 1.807) is 0 Å². The second-order valence-corrected chi connectivity index (χ2v) is 4.59. The number of carbonyl (C=O) groups excluding carboxylic acids is 3. The van der Waals surface area contributed by atoms with Crippen molar-refractivity contribution >= 4 is 41.1 Å². The zero-order chi connectivity index (χ0) is 15.6. The first-order valence-corrected chi connectivity index (χ1v) is 6.17. The average molecular weight is 312 g/mol. The van der Waals surface area contributed by atoms with Crippen LogP contribution >= 0.6 is 11.6 Å². The van der Waals surface area contributed by atoms with Crippen LogP contribution in [0.3, 0.4) is 0 Å². The Morgan fingerprint density at radius 1 is 1.38 bits per heavy atom. The van der Waals surface area contributed by atoms with Gasteiger partial charge in [0.2, 0.25) is 5.91 Å². The van der Waals surface area contributed by atoms with E-state index in [9.17, 15) is 19.2 Å². The summed E-state index contributed by atoms with van der Waals surface area (Å²) in [6, 6.07) is 3.15. The van der Waals surface area contributed by atoms with Gasteiger partial charge in [0.15, 0.2) is 0 Å². The molecule has 0 radical (unpaired) electrons. The number of anilines is 1. The minimum atomic E-state index is -1.17. The van der Waals surface area contributed by atoms with Crippen molar-refractivity contribution in [3.63, 3.8) is 0 Å². The number of nitrogens with one attached hydrogen (secondary N) is 2. The summed E-state index contributed by atoms with van der Waals surface area (Å²) in [5.41, 5.74) is 0.0401. The predicted molar refractivity (Wildman–Crippen MR) is 72.2 cm³/mol. The van der Waals surface area contributed by atoms with Crippen molar-refractivity contribution in [3.05, 3.63) is 28.8 Å². The summed E-state index contributed by atoms with van der Waals surface area (Å²) >= 11 is 5.85. The fourth-order valence-corrected chi connectivity index (χ4v) is 1.87. The molecule has 1 fully saturated rings. The van der Waals surface area contributed by atoms with Crippen LogP contribution in [-0.2, 0) is 9.59 Å². The Kier molecular flexibility index (Phi) is 4.08. The number of nitrogens with zero attached hydrogens (tertiary/aromatic N) is 1. The van der Waals surface area contributed by atoms with Crippen LogP contribution in [-0.4, -0.2) is 46.9 Å². The number of amides is 4. The van der Waals surface area contributed by atoms with E-state index >= 15 is 0 Å². The van der Waals surface area contributed by atoms with E-state index in [4.69, 9.17) is 16.7 Å². The molecular weight excluding hydrogens is 302 g/mol. The molecular formula is C12H10ClN3O5. The van der Waals surface area contributed by atoms with Gasteiger partial charge in [-0.25, -0.2) is 9.59 Å². The number of carboxylic acid groups (broad SMARTS) is 1. The first-order valence-electron chi connectivity index (χ1n) is 5.79. The van der Waals surface area contributed by atoms with Gasteiger partial charge in [0.25, 0.3) is 5.91 Å². The molecule has 0 aliphatic carbocycles. The van der Waals surface area contributed by atoms with Gasteiger partial charge in [-0.2, -0.15) is 0 Å². The van der Waals surface area contributed by atoms with Crippen LogP contribution in [0.15, 0.2) is 18.2 Å². The van der Waals surface area contributed by atoms with Gasteiger partial charge >= 0.3 is 12.0 Å². The number of imide groups is 1. The summed E-state index contributed by atoms with van der Waals surface area (Å²) in [7, 11) is 0. The van der Waals surface area contributed by atoms with E-state index in [1.807, 2.05) is 0 Å². The van der Waals surface area contributed by atoms with Crippen LogP contribution in [0, 0.1) is 0 Å². The molecule has 0 spiro atoms. The molecule has 1 aliphatic rings. The highest BCUT2D eigenvalue weighted by Crippen LogP contribution is 2.23. The maximum atomic E-state index is 11.8. The fourth-order valence-electron chi connectivity index (χ4n) is 1.70. The average Bonchev–Trinajstić information content (AvgIpc) is 2.73. The molecule has 0 atom stereocenters. The molecule has 1 saturated heterocycles. The summed E-state index contributed by atoms with van der Waals surface area (Å²) in [5.74, 6) is -2.35. The van der Waals surface area contributed by atoms with Crippen LogP contribution in [0.4, 0.5) is 10.5 Å². The van der Waals surface area contributed by atoms with Gasteiger partial charge in [0.1, 0.15) is 6.54 Å². The van der Waals surface area contributed by atoms with Crippen molar-refractivity contribution in [2.75, 3.05) is 18.4 Å². The number of rotatable bonds is 4. The number of aromatic carboxylic acids is 1. The number of benzene rings is 1. The van der Waals surface area contributed by atoms with E-state index in [1.165, 1.54) is 18.2 Å². The highest BCUT2D eigenvalue weighted by atomic mass is 35.5. The van der Waals surface area contributed by atoms with Gasteiger partial charge in [-0.3, -0.25) is 14.5 Å². The molecule has 1 aromatic rings. The zero-order valence-electron chi connectivity index (χ0n) is 10.6. The van der Waals surface area contributed by atoms with Crippen molar-refractivity contribution < 1.29 is 24.3 Å². The number of carbonyl (C=O) groups is 4. The zero-order valence-corrected chi connectivity index (χ0v) is 11.3.